The van der Waals surface area contributed by atoms with Gasteiger partial charge in [0.2, 0.25) is 0 Å². The first kappa shape index (κ1) is 8.84. The summed E-state index contributed by atoms with van der Waals surface area (Å²) in [6, 6.07) is 0. The smallest absolute Gasteiger partial charge is 0.338 e. The number of cyclic esters (lactones) is 1. The lowest BCUT2D eigenvalue weighted by atomic mass is 10.1. The molecule has 1 heterocycles. The molecule has 0 aliphatic carbocycles. The van der Waals surface area contributed by atoms with Gasteiger partial charge in [0.05, 0.1) is 5.57 Å². The van der Waals surface area contributed by atoms with Crippen LogP contribution in [0, 0.1) is 0 Å². The van der Waals surface area contributed by atoms with E-state index in [0.717, 1.165) is 0 Å². The predicted octanol–water partition coefficient (Wildman–Crippen LogP) is 1.71. The number of hydrogen-bond acceptors (Lipinski definition) is 3. The van der Waals surface area contributed by atoms with Crippen molar-refractivity contribution in [3.63, 3.8) is 0 Å². The highest BCUT2D eigenvalue weighted by Crippen LogP contribution is 2.22. The summed E-state index contributed by atoms with van der Waals surface area (Å²) in [6.45, 7) is 3.51. The Hall–Kier alpha value is -1.25. The van der Waals surface area contributed by atoms with E-state index in [9.17, 15) is 9.90 Å². The third-order valence-corrected chi connectivity index (χ3v) is 1.78. The third-order valence-electron chi connectivity index (χ3n) is 1.78. The highest BCUT2D eigenvalue weighted by atomic mass is 16.6. The molecule has 0 saturated carbocycles. The molecule has 0 bridgehead atoms. The van der Waals surface area contributed by atoms with E-state index in [-0.39, 0.29) is 5.76 Å². The topological polar surface area (TPSA) is 46.5 Å². The maximum atomic E-state index is 11.0. The van der Waals surface area contributed by atoms with Gasteiger partial charge in [-0.15, -0.1) is 0 Å². The van der Waals surface area contributed by atoms with E-state index >= 15 is 0 Å². The van der Waals surface area contributed by atoms with Crippen LogP contribution in [0.15, 0.2) is 23.5 Å². The van der Waals surface area contributed by atoms with Crippen LogP contribution >= 0.6 is 0 Å². The first-order valence-corrected chi connectivity index (χ1v) is 3.91. The second-order valence-corrected chi connectivity index (χ2v) is 2.68. The number of rotatable bonds is 2. The van der Waals surface area contributed by atoms with Gasteiger partial charge in [-0.05, 0) is 13.8 Å². The summed E-state index contributed by atoms with van der Waals surface area (Å²) >= 11 is 0. The number of aliphatic hydroxyl groups is 1. The van der Waals surface area contributed by atoms with Crippen LogP contribution in [0.3, 0.4) is 0 Å². The molecule has 0 fully saturated rings. The molecule has 66 valence electrons. The lowest BCUT2D eigenvalue weighted by Gasteiger charge is -1.99. The van der Waals surface area contributed by atoms with Gasteiger partial charge in [0.25, 0.3) is 0 Å². The van der Waals surface area contributed by atoms with Crippen LogP contribution in [0.1, 0.15) is 20.3 Å². The maximum absolute atomic E-state index is 11.0. The number of aliphatic hydroxyl groups excluding tert-OH is 1. The highest BCUT2D eigenvalue weighted by Gasteiger charge is 2.29. The number of ether oxygens (including phenoxy) is 1. The zero-order valence-electron chi connectivity index (χ0n) is 7.20. The number of carbonyl (C=O) groups excluding carboxylic acids is 1. The van der Waals surface area contributed by atoms with Crippen molar-refractivity contribution in [1.82, 2.24) is 0 Å². The van der Waals surface area contributed by atoms with Crippen molar-refractivity contribution in [2.75, 3.05) is 0 Å². The Labute approximate surface area is 71.3 Å². The van der Waals surface area contributed by atoms with Crippen LogP contribution in [-0.2, 0) is 9.53 Å². The molecule has 1 aliphatic heterocycles. The molecule has 3 nitrogen and oxygen atoms in total. The summed E-state index contributed by atoms with van der Waals surface area (Å²) < 4.78 is 4.79. The molecule has 3 heteroatoms. The second kappa shape index (κ2) is 3.43. The fourth-order valence-corrected chi connectivity index (χ4v) is 1.06. The van der Waals surface area contributed by atoms with Crippen molar-refractivity contribution < 1.29 is 14.6 Å². The molecule has 0 spiro atoms. The van der Waals surface area contributed by atoms with Crippen molar-refractivity contribution in [2.24, 2.45) is 0 Å². The van der Waals surface area contributed by atoms with Crippen molar-refractivity contribution in [2.45, 2.75) is 26.4 Å². The van der Waals surface area contributed by atoms with Crippen LogP contribution in [-0.4, -0.2) is 17.2 Å². The molecule has 0 aromatic carbocycles. The summed E-state index contributed by atoms with van der Waals surface area (Å²) in [6.07, 6.45) is 3.62. The molecule has 0 amide bonds. The van der Waals surface area contributed by atoms with Gasteiger partial charge >= 0.3 is 5.97 Å². The molecule has 1 aliphatic rings. The van der Waals surface area contributed by atoms with Gasteiger partial charge in [-0.2, -0.15) is 0 Å². The monoisotopic (exact) mass is 168 g/mol. The van der Waals surface area contributed by atoms with Crippen LogP contribution in [0.5, 0.6) is 0 Å². The Kier molecular flexibility index (Phi) is 2.53. The molecule has 0 radical (unpaired) electrons. The van der Waals surface area contributed by atoms with Crippen molar-refractivity contribution in [3.05, 3.63) is 23.5 Å². The van der Waals surface area contributed by atoms with Gasteiger partial charge in [0.1, 0.15) is 5.76 Å². The average Bonchev–Trinajstić information content (AvgIpc) is 2.25. The van der Waals surface area contributed by atoms with E-state index in [1.807, 2.05) is 19.1 Å². The Morgan fingerprint density at radius 3 is 2.75 bits per heavy atom. The minimum Gasteiger partial charge on any atom is -0.508 e. The lowest BCUT2D eigenvalue weighted by Crippen LogP contribution is -2.05. The van der Waals surface area contributed by atoms with E-state index in [0.29, 0.717) is 12.0 Å². The summed E-state index contributed by atoms with van der Waals surface area (Å²) in [4.78, 5) is 11.0. The van der Waals surface area contributed by atoms with Gasteiger partial charge in [0.15, 0.2) is 6.10 Å². The fraction of sp³-hybridized carbons (Fsp3) is 0.444. The van der Waals surface area contributed by atoms with Crippen LogP contribution < -0.4 is 0 Å². The Morgan fingerprint density at radius 1 is 1.67 bits per heavy atom. The molecule has 12 heavy (non-hydrogen) atoms. The first-order chi connectivity index (χ1) is 5.66. The van der Waals surface area contributed by atoms with Crippen molar-refractivity contribution in [1.29, 1.82) is 0 Å². The molecule has 1 rings (SSSR count). The first-order valence-electron chi connectivity index (χ1n) is 3.91. The average molecular weight is 168 g/mol. The molecule has 0 saturated heterocycles. The highest BCUT2D eigenvalue weighted by molar-refractivity contribution is 5.91. The van der Waals surface area contributed by atoms with Gasteiger partial charge in [-0.3, -0.25) is 0 Å². The number of hydrogen-bond donors (Lipinski definition) is 1. The number of carbonyl (C=O) groups is 1. The molecular weight excluding hydrogens is 156 g/mol. The summed E-state index contributed by atoms with van der Waals surface area (Å²) in [7, 11) is 0. The fourth-order valence-electron chi connectivity index (χ4n) is 1.06. The van der Waals surface area contributed by atoms with Gasteiger partial charge in [-0.25, -0.2) is 4.79 Å². The van der Waals surface area contributed by atoms with Gasteiger partial charge in [-0.1, -0.05) is 12.2 Å². The molecule has 0 aromatic heterocycles. The summed E-state index contributed by atoms with van der Waals surface area (Å²) in [5.74, 6) is -0.337. The molecular formula is C9H12O3. The Bertz CT molecular complexity index is 250. The van der Waals surface area contributed by atoms with E-state index in [1.165, 1.54) is 0 Å². The Morgan fingerprint density at radius 2 is 2.33 bits per heavy atom. The van der Waals surface area contributed by atoms with Crippen LogP contribution in [0.2, 0.25) is 0 Å². The Balaban J connectivity index is 2.78. The van der Waals surface area contributed by atoms with Crippen molar-refractivity contribution >= 4 is 5.97 Å². The molecule has 1 N–H and O–H groups in total. The standard InChI is InChI=1S/C9H12O3/c1-3-4-5-7-8(10)6(2)12-9(7)11/h3-4,6,10H,5H2,1-2H3/b4-3+. The molecule has 0 aromatic rings. The minimum absolute atomic E-state index is 0.0677. The lowest BCUT2D eigenvalue weighted by molar-refractivity contribution is -0.139. The predicted molar refractivity (Wildman–Crippen MR) is 44.6 cm³/mol. The number of esters is 1. The second-order valence-electron chi connectivity index (χ2n) is 2.68. The zero-order chi connectivity index (χ0) is 9.14. The quantitative estimate of drug-likeness (QED) is 0.504. The maximum Gasteiger partial charge on any atom is 0.338 e. The van der Waals surface area contributed by atoms with E-state index in [4.69, 9.17) is 4.74 Å². The zero-order valence-corrected chi connectivity index (χ0v) is 7.20. The summed E-state index contributed by atoms with van der Waals surface area (Å²) in [5, 5.41) is 9.35. The van der Waals surface area contributed by atoms with Crippen LogP contribution in [0.25, 0.3) is 0 Å². The van der Waals surface area contributed by atoms with Crippen molar-refractivity contribution in [3.8, 4) is 0 Å². The minimum atomic E-state index is -0.474. The van der Waals surface area contributed by atoms with E-state index in [2.05, 4.69) is 0 Å². The summed E-state index contributed by atoms with van der Waals surface area (Å²) in [5.41, 5.74) is 0.376. The van der Waals surface area contributed by atoms with Crippen LogP contribution in [0.4, 0.5) is 0 Å². The molecule has 1 unspecified atom stereocenters. The third kappa shape index (κ3) is 1.49. The van der Waals surface area contributed by atoms with E-state index in [1.54, 1.807) is 6.92 Å². The number of allylic oxidation sites excluding steroid dienone is 2. The van der Waals surface area contributed by atoms with E-state index < -0.39 is 12.1 Å². The SMILES string of the molecule is C/C=C/CC1=C(O)C(C)OC1=O. The van der Waals surface area contributed by atoms with Gasteiger partial charge < -0.3 is 9.84 Å². The molecule has 1 atom stereocenters. The van der Waals surface area contributed by atoms with Gasteiger partial charge in [0, 0.05) is 6.42 Å². The largest absolute Gasteiger partial charge is 0.508 e. The normalized spacial score (nSPS) is 23.8.